The molecule has 25 nitrogen and oxygen atoms in total. The third-order valence-corrected chi connectivity index (χ3v) is 25.8. The monoisotopic (exact) mass is 1660 g/mol. The van der Waals surface area contributed by atoms with Crippen LogP contribution in [0.1, 0.15) is 156 Å². The molecule has 3 spiro atoms. The summed E-state index contributed by atoms with van der Waals surface area (Å²) >= 11 is 9.13. The summed E-state index contributed by atoms with van der Waals surface area (Å²) in [6.45, 7) is 16.9. The number of benzene rings is 3. The Morgan fingerprint density at radius 2 is 0.915 bits per heavy atom. The number of anilines is 3. The largest absolute Gasteiger partial charge is 1.00 e. The summed E-state index contributed by atoms with van der Waals surface area (Å²) in [4.78, 5) is 76.7. The van der Waals surface area contributed by atoms with Gasteiger partial charge in [-0.15, -0.1) is 6.20 Å². The average Bonchev–Trinajstić information content (AvgIpc) is 1.54. The Balaban J connectivity index is 0.000000149. The number of alkyl halides is 1. The van der Waals surface area contributed by atoms with Gasteiger partial charge in [0.15, 0.2) is 11.3 Å². The van der Waals surface area contributed by atoms with Gasteiger partial charge in [0.1, 0.15) is 29.4 Å². The number of ether oxygens (including phenoxy) is 2. The van der Waals surface area contributed by atoms with Crippen molar-refractivity contribution in [3.8, 4) is 18.2 Å². The Bertz CT molecular complexity index is 5680. The first kappa shape index (κ1) is 85.3. The van der Waals surface area contributed by atoms with Crippen LogP contribution >= 0.6 is 35.1 Å². The van der Waals surface area contributed by atoms with E-state index in [9.17, 15) is 24.5 Å². The molecule has 3 saturated carbocycles. The van der Waals surface area contributed by atoms with Crippen molar-refractivity contribution < 1.29 is 54.4 Å². The summed E-state index contributed by atoms with van der Waals surface area (Å²) in [6.07, 6.45) is 37.9. The molecule has 0 unspecified atom stereocenters. The summed E-state index contributed by atoms with van der Waals surface area (Å²) in [5.74, 6) is 2.75. The van der Waals surface area contributed by atoms with Crippen molar-refractivity contribution in [1.29, 1.82) is 15.8 Å². The number of hydrogen-bond acceptors (Lipinski definition) is 23. The van der Waals surface area contributed by atoms with Crippen LogP contribution in [0.15, 0.2) is 167 Å². The smallest absolute Gasteiger partial charge is 0.813 e. The summed E-state index contributed by atoms with van der Waals surface area (Å²) in [6, 6.07) is 32.7. The molecule has 31 heteroatoms. The molecule has 3 atom stereocenters. The van der Waals surface area contributed by atoms with E-state index in [1.54, 1.807) is 84.8 Å². The fraction of sp³-hybridized carbons (Fsp3) is 0.419. The molecule has 18 rings (SSSR count). The van der Waals surface area contributed by atoms with E-state index < -0.39 is 18.4 Å². The van der Waals surface area contributed by atoms with Gasteiger partial charge in [-0.05, 0) is 177 Å². The predicted octanol–water partition coefficient (Wildman–Crippen LogP) is 13.6. The summed E-state index contributed by atoms with van der Waals surface area (Å²) in [7, 11) is -1.00. The van der Waals surface area contributed by atoms with Crippen LogP contribution in [0.3, 0.4) is 0 Å². The number of nitrogens with two attached hydrogens (primary N) is 1. The molecule has 4 N–H and O–H groups in total. The fourth-order valence-corrected chi connectivity index (χ4v) is 19.8. The van der Waals surface area contributed by atoms with Gasteiger partial charge in [0, 0.05) is 152 Å². The third-order valence-electron chi connectivity index (χ3n) is 23.3. The van der Waals surface area contributed by atoms with Gasteiger partial charge in [0.05, 0.1) is 56.6 Å². The number of fused-ring (bicyclic) bond motifs is 6. The first-order valence-corrected chi connectivity index (χ1v) is 41.1. The Labute approximate surface area is 724 Å². The van der Waals surface area contributed by atoms with Gasteiger partial charge >= 0.3 is 41.7 Å². The molecule has 3 aromatic carbocycles. The van der Waals surface area contributed by atoms with Crippen molar-refractivity contribution in [2.24, 2.45) is 22.0 Å². The molecule has 0 radical (unpaired) electrons. The van der Waals surface area contributed by atoms with Crippen molar-refractivity contribution in [3.63, 3.8) is 0 Å². The summed E-state index contributed by atoms with van der Waals surface area (Å²) in [5.41, 5.74) is 12.4. The molecule has 12 aromatic rings. The number of thiol groups is 1. The number of rotatable bonds is 9. The molecule has 3 aliphatic heterocycles. The molecular weight excluding hydrogens is 1560 g/mol. The van der Waals surface area contributed by atoms with E-state index in [1.165, 1.54) is 12.8 Å². The van der Waals surface area contributed by atoms with Gasteiger partial charge in [-0.25, -0.2) is 29.5 Å². The number of pyridine rings is 3. The predicted molar refractivity (Wildman–Crippen MR) is 454 cm³/mol. The first-order valence-electron chi connectivity index (χ1n) is 39.8. The quantitative estimate of drug-likeness (QED) is 0.0523. The van der Waals surface area contributed by atoms with Gasteiger partial charge < -0.3 is 64.5 Å². The minimum absolute atomic E-state index is 0. The van der Waals surface area contributed by atoms with Crippen LogP contribution < -0.4 is 60.6 Å². The maximum absolute atomic E-state index is 12.5. The molecule has 2 amide bonds. The Hall–Kier alpha value is -9.61. The normalized spacial score (nSPS) is 18.5. The Morgan fingerprint density at radius 1 is 0.530 bits per heavy atom. The maximum Gasteiger partial charge on any atom is 1.00 e. The summed E-state index contributed by atoms with van der Waals surface area (Å²) < 4.78 is 32.7. The number of imidazole rings is 3. The van der Waals surface area contributed by atoms with Crippen LogP contribution in [0, 0.1) is 56.3 Å². The van der Waals surface area contributed by atoms with E-state index in [4.69, 9.17) is 43.4 Å². The van der Waals surface area contributed by atoms with Crippen molar-refractivity contribution in [2.75, 3.05) is 61.1 Å². The van der Waals surface area contributed by atoms with Crippen LogP contribution in [0.4, 0.5) is 31.8 Å². The minimum Gasteiger partial charge on any atom is -0.813 e. The van der Waals surface area contributed by atoms with Gasteiger partial charge in [0.25, 0.3) is 0 Å². The number of halogens is 2. The SMILES string of the molecule is CC(C)(C)OC(=O)N[C@@H]1CCCC12CCN(c1nc[c-]c3nccn13)CC2.CC(C)(C)OC(=O)N[C@@H]1CCCC12CCN(c1ncc(Sc3ccnc4c(C#N)cccc34)c3nccn13)CC2.N#Cc1cccc2c(Cl)ccnc12.N#Cc1cccc2c(Sc3cnc(N4CCC5(CCC[C@H]5N)CC4)n4ccnc34)ccnc12.[2H]CF.[Na+].[SH-]. The number of carbonyl (C=O) groups excluding carboxylic acids is 2. The molecule has 6 aliphatic rings. The number of aromatic nitrogens is 12. The molecule has 3 aliphatic carbocycles. The first-order chi connectivity index (χ1) is 56.0. The zero-order valence-corrected chi connectivity index (χ0v) is 72.2. The number of amides is 2. The second-order valence-electron chi connectivity index (χ2n) is 32.2. The zero-order chi connectivity index (χ0) is 81.4. The number of carbonyl (C=O) groups is 2. The van der Waals surface area contributed by atoms with E-state index in [0.717, 1.165) is 199 Å². The number of nitriles is 3. The second kappa shape index (κ2) is 37.6. The standard InChI is InChI=1S/C30H33N7O2S.C25H25N7S.C20H28N5O2.C10H5ClN2.CH3F.Na.H2S/c1-29(2,3)39-28(38)35-24-8-5-10-30(24)11-15-36(16-12-30)27-34-19-23(26-33-14-17-37(26)27)40-22-9-13-32-25-20(18-31)6-4-7-21(22)25;26-15-17-3-1-4-18-19(6-10-28-22(17)18)33-20-16-30-24(32-14-11-29-23(20)32)31-12-8-25(9-13-31)7-2-5-21(25)27;1-19(2,3)27-18(26)23-15-5-4-7-20(15)8-12-24(13-9-20)17-22-10-6-16-21-11-14-25(16)17;11-9-4-5-13-10-7(6-12)2-1-3-8(9)10;1-2;;/h4,6-7,9,13-14,17,19,24H,5,8,10-12,15-16H2,1-3H3,(H,35,38);1,3-4,6,10-11,14,16,21H,2,5,7-9,12-13,27H2;10-11,14-15H,4-5,7-9,12-13H2,1-3H3,(H,23,26);1-5H;1H3;;1H2/q;;-1;;;+1;/p-1/t24-;21-;15-;;;;/m111..../s1/i;;;;1D;;. The molecule has 9 aromatic heterocycles. The Morgan fingerprint density at radius 3 is 1.34 bits per heavy atom. The van der Waals surface area contributed by atoms with Crippen molar-refractivity contribution in [1.82, 2.24) is 68.7 Å². The molecule has 0 bridgehead atoms. The van der Waals surface area contributed by atoms with Crippen molar-refractivity contribution in [3.05, 3.63) is 175 Å². The van der Waals surface area contributed by atoms with Crippen LogP contribution in [-0.4, -0.2) is 146 Å². The topological polar surface area (TPSA) is 313 Å². The molecule has 3 saturated heterocycles. The number of alkyl carbamates (subject to hydrolysis) is 2. The fourth-order valence-electron chi connectivity index (χ4n) is 17.6. The minimum atomic E-state index is -1.00. The number of para-hydroxylation sites is 3. The van der Waals surface area contributed by atoms with E-state index in [-0.39, 0.29) is 78.2 Å². The molecule has 12 heterocycles. The van der Waals surface area contributed by atoms with Crippen LogP contribution in [0.5, 0.6) is 0 Å². The van der Waals surface area contributed by atoms with Crippen LogP contribution in [-0.2, 0) is 23.0 Å². The van der Waals surface area contributed by atoms with Crippen molar-refractivity contribution in [2.45, 2.75) is 187 Å². The van der Waals surface area contributed by atoms with E-state index >= 15 is 0 Å². The Kier molecular flexibility index (Phi) is 27.4. The number of nitrogens with zero attached hydrogens (tertiary/aromatic N) is 18. The molecule has 6 fully saturated rings. The number of hydrogen-bond donors (Lipinski definition) is 3. The van der Waals surface area contributed by atoms with E-state index in [0.29, 0.717) is 44.2 Å². The van der Waals surface area contributed by atoms with Gasteiger partial charge in [0.2, 0.25) is 17.8 Å². The molecule has 117 heavy (non-hydrogen) atoms. The van der Waals surface area contributed by atoms with Crippen molar-refractivity contribution >= 4 is 128 Å². The van der Waals surface area contributed by atoms with Gasteiger partial charge in [-0.3, -0.25) is 38.1 Å². The second-order valence-corrected chi connectivity index (χ2v) is 34.8. The number of nitrogens with one attached hydrogen (secondary N) is 2. The number of piperidine rings is 3. The van der Waals surface area contributed by atoms with Gasteiger partial charge in [-0.2, -0.15) is 15.8 Å². The molecule has 602 valence electrons. The zero-order valence-electron chi connectivity index (χ0n) is 67.9. The maximum atomic E-state index is 12.5. The van der Waals surface area contributed by atoms with E-state index in [1.807, 2.05) is 132 Å². The average molecular weight is 1660 g/mol. The third kappa shape index (κ3) is 18.9. The van der Waals surface area contributed by atoms with Crippen LogP contribution in [0.25, 0.3) is 49.7 Å². The van der Waals surface area contributed by atoms with Gasteiger partial charge in [-0.1, -0.05) is 90.8 Å². The molecular formula is C86H95ClFN21NaO4S3-. The van der Waals surface area contributed by atoms with Crippen LogP contribution in [0.2, 0.25) is 5.02 Å². The van der Waals surface area contributed by atoms with E-state index in [2.05, 4.69) is 93.3 Å². The summed E-state index contributed by atoms with van der Waals surface area (Å²) in [5, 5.41) is 37.4.